The quantitative estimate of drug-likeness (QED) is 0.425. The zero-order valence-corrected chi connectivity index (χ0v) is 18.4. The fraction of sp³-hybridized carbons (Fsp3) is 0.292. The minimum absolute atomic E-state index is 0.0126. The topological polar surface area (TPSA) is 99.4 Å². The molecule has 7 nitrogen and oxygen atoms in total. The van der Waals surface area contributed by atoms with E-state index >= 15 is 0 Å². The van der Waals surface area contributed by atoms with Gasteiger partial charge in [-0.2, -0.15) is 18.4 Å². The molecule has 2 N–H and O–H groups in total. The molecule has 0 spiro atoms. The van der Waals surface area contributed by atoms with Crippen LogP contribution in [-0.4, -0.2) is 26.5 Å². The van der Waals surface area contributed by atoms with E-state index in [1.165, 1.54) is 12.1 Å². The molecule has 34 heavy (non-hydrogen) atoms. The number of aromatic nitrogens is 4. The van der Waals surface area contributed by atoms with Gasteiger partial charge >= 0.3 is 6.18 Å². The number of nitrogens with one attached hydrogen (secondary N) is 2. The van der Waals surface area contributed by atoms with Crippen LogP contribution in [0, 0.1) is 17.2 Å². The fourth-order valence-corrected chi connectivity index (χ4v) is 3.30. The van der Waals surface area contributed by atoms with Crippen molar-refractivity contribution in [3.8, 4) is 17.6 Å². The summed E-state index contributed by atoms with van der Waals surface area (Å²) in [5.74, 6) is 1.36. The number of hydrogen-bond acceptors (Lipinski definition) is 7. The molecule has 0 amide bonds. The average molecular weight is 465 g/mol. The molecule has 0 saturated heterocycles. The first kappa shape index (κ1) is 23.2. The molecule has 3 aromatic heterocycles. The number of halogens is 3. The van der Waals surface area contributed by atoms with E-state index in [4.69, 9.17) is 0 Å². The van der Waals surface area contributed by atoms with Crippen LogP contribution < -0.4 is 10.6 Å². The van der Waals surface area contributed by atoms with Crippen molar-refractivity contribution < 1.29 is 13.2 Å². The number of hydrogen-bond donors (Lipinski definition) is 2. The highest BCUT2D eigenvalue weighted by molar-refractivity contribution is 5.63. The Labute approximate surface area is 194 Å². The molecule has 0 radical (unpaired) electrons. The van der Waals surface area contributed by atoms with Crippen molar-refractivity contribution in [1.82, 2.24) is 19.9 Å². The summed E-state index contributed by atoms with van der Waals surface area (Å²) in [7, 11) is 0. The Morgan fingerprint density at radius 1 is 1.15 bits per heavy atom. The van der Waals surface area contributed by atoms with Gasteiger partial charge in [0.05, 0.1) is 11.5 Å². The van der Waals surface area contributed by atoms with Crippen LogP contribution in [0.1, 0.15) is 31.0 Å². The lowest BCUT2D eigenvalue weighted by molar-refractivity contribution is -0.141. The van der Waals surface area contributed by atoms with Crippen molar-refractivity contribution in [3.05, 3.63) is 66.5 Å². The summed E-state index contributed by atoms with van der Waals surface area (Å²) in [6, 6.07) is 11.2. The molecule has 1 aliphatic carbocycles. The Bertz CT molecular complexity index is 1250. The van der Waals surface area contributed by atoms with E-state index in [-0.39, 0.29) is 17.4 Å². The van der Waals surface area contributed by atoms with Gasteiger partial charge in [0.15, 0.2) is 5.82 Å². The van der Waals surface area contributed by atoms with Crippen LogP contribution in [-0.2, 0) is 11.6 Å². The largest absolute Gasteiger partial charge is 0.433 e. The molecule has 1 unspecified atom stereocenters. The fourth-order valence-electron chi connectivity index (χ4n) is 3.30. The molecule has 1 fully saturated rings. The highest BCUT2D eigenvalue weighted by Gasteiger charge is 2.45. The number of nitrogens with zero attached hydrogens (tertiary/aromatic N) is 5. The average Bonchev–Trinajstić information content (AvgIpc) is 3.63. The molecule has 3 aromatic rings. The summed E-state index contributed by atoms with van der Waals surface area (Å²) < 4.78 is 39.5. The molecule has 1 aliphatic rings. The van der Waals surface area contributed by atoms with Crippen LogP contribution in [0.2, 0.25) is 0 Å². The number of pyridine rings is 2. The first-order valence-corrected chi connectivity index (χ1v) is 10.7. The summed E-state index contributed by atoms with van der Waals surface area (Å²) in [5.41, 5.74) is -0.658. The minimum Gasteiger partial charge on any atom is -0.369 e. The van der Waals surface area contributed by atoms with Crippen molar-refractivity contribution in [2.45, 2.75) is 31.4 Å². The van der Waals surface area contributed by atoms with Gasteiger partial charge in [0.1, 0.15) is 28.8 Å². The third-order valence-corrected chi connectivity index (χ3v) is 5.53. The van der Waals surface area contributed by atoms with Crippen LogP contribution in [0.4, 0.5) is 30.6 Å². The second kappa shape index (κ2) is 9.09. The maximum Gasteiger partial charge on any atom is 0.433 e. The first-order chi connectivity index (χ1) is 16.2. The number of rotatable bonds is 8. The van der Waals surface area contributed by atoms with Crippen molar-refractivity contribution >= 4 is 17.5 Å². The van der Waals surface area contributed by atoms with E-state index in [2.05, 4.69) is 43.2 Å². The van der Waals surface area contributed by atoms with Crippen molar-refractivity contribution in [1.29, 1.82) is 5.26 Å². The molecule has 0 bridgehead atoms. The van der Waals surface area contributed by atoms with E-state index in [0.29, 0.717) is 24.0 Å². The lowest BCUT2D eigenvalue weighted by Gasteiger charge is -2.14. The zero-order chi connectivity index (χ0) is 24.3. The van der Waals surface area contributed by atoms with Crippen LogP contribution in [0.3, 0.4) is 0 Å². The summed E-state index contributed by atoms with van der Waals surface area (Å²) >= 11 is 0. The van der Waals surface area contributed by atoms with Crippen molar-refractivity contribution in [2.24, 2.45) is 5.92 Å². The lowest BCUT2D eigenvalue weighted by atomic mass is 9.99. The lowest BCUT2D eigenvalue weighted by Crippen LogP contribution is -2.12. The predicted octanol–water partition coefficient (Wildman–Crippen LogP) is 5.49. The van der Waals surface area contributed by atoms with Gasteiger partial charge in [-0.1, -0.05) is 19.1 Å². The van der Waals surface area contributed by atoms with E-state index in [1.807, 2.05) is 13.0 Å². The molecule has 10 heteroatoms. The molecule has 174 valence electrons. The molecule has 4 rings (SSSR count). The molecule has 0 aromatic carbocycles. The Kier molecular flexibility index (Phi) is 6.20. The third-order valence-electron chi connectivity index (χ3n) is 5.53. The maximum atomic E-state index is 13.2. The van der Waals surface area contributed by atoms with E-state index in [1.54, 1.807) is 24.4 Å². The van der Waals surface area contributed by atoms with Gasteiger partial charge in [-0.25, -0.2) is 19.9 Å². The van der Waals surface area contributed by atoms with E-state index in [0.717, 1.165) is 24.5 Å². The first-order valence-electron chi connectivity index (χ1n) is 10.7. The van der Waals surface area contributed by atoms with Gasteiger partial charge in [0.25, 0.3) is 0 Å². The number of alkyl halides is 3. The molecule has 1 atom stereocenters. The summed E-state index contributed by atoms with van der Waals surface area (Å²) in [6.07, 6.45) is 0.385. The van der Waals surface area contributed by atoms with Crippen LogP contribution in [0.15, 0.2) is 55.3 Å². The summed E-state index contributed by atoms with van der Waals surface area (Å²) in [4.78, 5) is 16.7. The monoisotopic (exact) mass is 465 g/mol. The Hall–Kier alpha value is -4.00. The van der Waals surface area contributed by atoms with Gasteiger partial charge in [-0.3, -0.25) is 0 Å². The highest BCUT2D eigenvalue weighted by Crippen LogP contribution is 2.47. The molecular formula is C24H22F3N7. The second-order valence-corrected chi connectivity index (χ2v) is 8.21. The zero-order valence-electron chi connectivity index (χ0n) is 18.4. The minimum atomic E-state index is -4.59. The van der Waals surface area contributed by atoms with Crippen LogP contribution in [0.5, 0.6) is 0 Å². The maximum absolute atomic E-state index is 13.2. The standard InChI is InChI=1S/C24H22F3N7/c1-3-15(2)13-30-20-12-21(32-19-11-16(7-10-29-19)23(14-28)8-9-23)34-22(33-20)17-5-4-6-18(31-17)24(25,26)27/h3-7,10-12,15H,1,8-9,13H2,2H3,(H2,29,30,32,33,34). The number of anilines is 3. The molecular weight excluding hydrogens is 443 g/mol. The smallest absolute Gasteiger partial charge is 0.369 e. The van der Waals surface area contributed by atoms with Crippen LogP contribution in [0.25, 0.3) is 11.5 Å². The molecule has 1 saturated carbocycles. The van der Waals surface area contributed by atoms with E-state index in [9.17, 15) is 18.4 Å². The Balaban J connectivity index is 1.69. The summed E-state index contributed by atoms with van der Waals surface area (Å²) in [6.45, 7) is 6.24. The van der Waals surface area contributed by atoms with Gasteiger partial charge in [-0.05, 0) is 48.6 Å². The molecule has 0 aliphatic heterocycles. The Morgan fingerprint density at radius 2 is 1.91 bits per heavy atom. The number of nitriles is 1. The van der Waals surface area contributed by atoms with Crippen LogP contribution >= 0.6 is 0 Å². The summed E-state index contributed by atoms with van der Waals surface area (Å²) in [5, 5.41) is 15.7. The second-order valence-electron chi connectivity index (χ2n) is 8.21. The van der Waals surface area contributed by atoms with Gasteiger partial charge in [0.2, 0.25) is 0 Å². The Morgan fingerprint density at radius 3 is 2.59 bits per heavy atom. The predicted molar refractivity (Wildman–Crippen MR) is 122 cm³/mol. The van der Waals surface area contributed by atoms with Gasteiger partial charge < -0.3 is 10.6 Å². The van der Waals surface area contributed by atoms with Gasteiger partial charge in [-0.15, -0.1) is 6.58 Å². The SMILES string of the molecule is C=CC(C)CNc1cc(Nc2cc(C3(C#N)CC3)ccn2)nc(-c2cccc(C(F)(F)F)n2)n1. The van der Waals surface area contributed by atoms with Gasteiger partial charge in [0, 0.05) is 18.8 Å². The normalized spacial score (nSPS) is 15.1. The highest BCUT2D eigenvalue weighted by atomic mass is 19.4. The third kappa shape index (κ3) is 5.14. The van der Waals surface area contributed by atoms with Crippen molar-refractivity contribution in [2.75, 3.05) is 17.2 Å². The van der Waals surface area contributed by atoms with E-state index < -0.39 is 17.3 Å². The molecule has 3 heterocycles. The van der Waals surface area contributed by atoms with Crippen molar-refractivity contribution in [3.63, 3.8) is 0 Å².